The summed E-state index contributed by atoms with van der Waals surface area (Å²) in [5, 5.41) is 1.65. The number of benzene rings is 1. The van der Waals surface area contributed by atoms with Crippen molar-refractivity contribution in [2.45, 2.75) is 44.4 Å². The van der Waals surface area contributed by atoms with Crippen molar-refractivity contribution in [1.82, 2.24) is 0 Å². The minimum absolute atomic E-state index is 0.0644. The van der Waals surface area contributed by atoms with Crippen molar-refractivity contribution in [2.75, 3.05) is 11.8 Å². The largest absolute Gasteiger partial charge is 0.465 e. The van der Waals surface area contributed by atoms with Gasteiger partial charge in [0.1, 0.15) is 4.88 Å². The molecule has 1 N–H and O–H groups in total. The molecule has 0 bridgehead atoms. The van der Waals surface area contributed by atoms with Crippen LogP contribution in [0.2, 0.25) is 0 Å². The quantitative estimate of drug-likeness (QED) is 0.788. The lowest BCUT2D eigenvalue weighted by atomic mass is 9.86. The molecule has 0 amide bonds. The summed E-state index contributed by atoms with van der Waals surface area (Å²) in [5.41, 5.74) is 1.99. The number of carbonyl (C=O) groups is 1. The van der Waals surface area contributed by atoms with Crippen molar-refractivity contribution >= 4 is 33.0 Å². The van der Waals surface area contributed by atoms with Gasteiger partial charge in [-0.15, -0.1) is 11.3 Å². The Hall–Kier alpha value is -1.86. The van der Waals surface area contributed by atoms with Gasteiger partial charge in [0.25, 0.3) is 10.0 Å². The lowest BCUT2D eigenvalue weighted by molar-refractivity contribution is 0.0607. The fourth-order valence-corrected chi connectivity index (χ4v) is 4.62. The molecule has 0 aliphatic carbocycles. The number of carbonyl (C=O) groups excluding carboxylic acids is 1. The number of sulfonamides is 1. The Labute approximate surface area is 153 Å². The van der Waals surface area contributed by atoms with Gasteiger partial charge in [0.2, 0.25) is 0 Å². The maximum absolute atomic E-state index is 12.8. The van der Waals surface area contributed by atoms with Crippen molar-refractivity contribution in [3.63, 3.8) is 0 Å². The molecule has 0 spiro atoms. The van der Waals surface area contributed by atoms with E-state index in [-0.39, 0.29) is 20.9 Å². The molecule has 1 aromatic heterocycles. The molecular formula is C18H23NO4S2. The Bertz CT molecular complexity index is 877. The third-order valence-corrected chi connectivity index (χ3v) is 6.24. The molecule has 2 rings (SSSR count). The van der Waals surface area contributed by atoms with Crippen LogP contribution in [-0.4, -0.2) is 21.5 Å². The Morgan fingerprint density at radius 2 is 1.92 bits per heavy atom. The summed E-state index contributed by atoms with van der Waals surface area (Å²) >= 11 is 1.13. The fraction of sp³-hybridized carbons (Fsp3) is 0.389. The minimum Gasteiger partial charge on any atom is -0.465 e. The van der Waals surface area contributed by atoms with Crippen LogP contribution in [0.15, 0.2) is 34.5 Å². The van der Waals surface area contributed by atoms with E-state index < -0.39 is 16.0 Å². The first-order valence-electron chi connectivity index (χ1n) is 7.92. The van der Waals surface area contributed by atoms with Crippen molar-refractivity contribution < 1.29 is 17.9 Å². The zero-order valence-corrected chi connectivity index (χ0v) is 16.7. The fourth-order valence-electron chi connectivity index (χ4n) is 2.42. The van der Waals surface area contributed by atoms with E-state index in [0.717, 1.165) is 22.5 Å². The van der Waals surface area contributed by atoms with Gasteiger partial charge in [0.05, 0.1) is 17.7 Å². The highest BCUT2D eigenvalue weighted by Gasteiger charge is 2.24. The van der Waals surface area contributed by atoms with Gasteiger partial charge >= 0.3 is 5.97 Å². The normalized spacial score (nSPS) is 12.0. The number of thiophene rings is 1. The van der Waals surface area contributed by atoms with Crippen LogP contribution >= 0.6 is 11.3 Å². The van der Waals surface area contributed by atoms with Gasteiger partial charge in [-0.25, -0.2) is 13.2 Å². The molecular weight excluding hydrogens is 358 g/mol. The summed E-state index contributed by atoms with van der Waals surface area (Å²) in [7, 11) is -2.54. The lowest BCUT2D eigenvalue weighted by Crippen LogP contribution is -2.18. The van der Waals surface area contributed by atoms with E-state index in [0.29, 0.717) is 6.42 Å². The van der Waals surface area contributed by atoms with Crippen molar-refractivity contribution in [1.29, 1.82) is 0 Å². The summed E-state index contributed by atoms with van der Waals surface area (Å²) in [5.74, 6) is -0.563. The lowest BCUT2D eigenvalue weighted by Gasteiger charge is -2.21. The van der Waals surface area contributed by atoms with Crippen LogP contribution in [0.4, 0.5) is 5.69 Å². The monoisotopic (exact) mass is 381 g/mol. The number of rotatable bonds is 5. The average Bonchev–Trinajstić information content (AvgIpc) is 2.99. The smallest absolute Gasteiger partial charge is 0.350 e. The van der Waals surface area contributed by atoms with Gasteiger partial charge < -0.3 is 4.74 Å². The van der Waals surface area contributed by atoms with E-state index in [4.69, 9.17) is 4.74 Å². The minimum atomic E-state index is -3.80. The zero-order chi connectivity index (χ0) is 18.8. The summed E-state index contributed by atoms with van der Waals surface area (Å²) < 4.78 is 32.9. The van der Waals surface area contributed by atoms with Crippen LogP contribution < -0.4 is 4.72 Å². The average molecular weight is 382 g/mol. The third-order valence-electron chi connectivity index (χ3n) is 3.88. The maximum atomic E-state index is 12.8. The number of aryl methyl sites for hydroxylation is 1. The first kappa shape index (κ1) is 19.5. The summed E-state index contributed by atoms with van der Waals surface area (Å²) in [6, 6.07) is 6.96. The molecule has 0 aliphatic rings. The number of nitrogens with one attached hydrogen (secondary N) is 1. The predicted octanol–water partition coefficient (Wildman–Crippen LogP) is 4.20. The van der Waals surface area contributed by atoms with Crippen molar-refractivity contribution in [3.8, 4) is 0 Å². The van der Waals surface area contributed by atoms with E-state index in [1.54, 1.807) is 17.5 Å². The summed E-state index contributed by atoms with van der Waals surface area (Å²) in [4.78, 5) is 12.2. The maximum Gasteiger partial charge on any atom is 0.350 e. The van der Waals surface area contributed by atoms with E-state index in [1.165, 1.54) is 7.11 Å². The van der Waals surface area contributed by atoms with E-state index in [9.17, 15) is 13.2 Å². The molecule has 136 valence electrons. The molecule has 0 fully saturated rings. The van der Waals surface area contributed by atoms with Crippen LogP contribution in [0.25, 0.3) is 0 Å². The standard InChI is InChI=1S/C18H23NO4S2/c1-6-12-11-13(18(2,3)4)7-8-15(12)25(21,22)19-14-9-10-24-16(14)17(20)23-5/h7-11,19H,6H2,1-5H3. The molecule has 25 heavy (non-hydrogen) atoms. The van der Waals surface area contributed by atoms with E-state index in [1.807, 2.05) is 19.1 Å². The Balaban J connectivity index is 2.44. The van der Waals surface area contributed by atoms with Crippen LogP contribution in [0.5, 0.6) is 0 Å². The number of ether oxygens (including phenoxy) is 1. The van der Waals surface area contributed by atoms with Crippen LogP contribution in [0, 0.1) is 0 Å². The summed E-state index contributed by atoms with van der Waals surface area (Å²) in [6.45, 7) is 8.18. The molecule has 2 aromatic rings. The van der Waals surface area contributed by atoms with Crippen LogP contribution in [0.3, 0.4) is 0 Å². The Kier molecular flexibility index (Phi) is 5.58. The highest BCUT2D eigenvalue weighted by atomic mass is 32.2. The van der Waals surface area contributed by atoms with Crippen LogP contribution in [0.1, 0.15) is 48.5 Å². The van der Waals surface area contributed by atoms with Gasteiger partial charge in [-0.1, -0.05) is 39.8 Å². The Morgan fingerprint density at radius 1 is 1.24 bits per heavy atom. The zero-order valence-electron chi connectivity index (χ0n) is 15.0. The molecule has 0 unspecified atom stereocenters. The molecule has 0 radical (unpaired) electrons. The highest BCUT2D eigenvalue weighted by molar-refractivity contribution is 7.92. The first-order valence-corrected chi connectivity index (χ1v) is 10.3. The van der Waals surface area contributed by atoms with Crippen molar-refractivity contribution in [2.24, 2.45) is 0 Å². The third kappa shape index (κ3) is 4.22. The van der Waals surface area contributed by atoms with Crippen molar-refractivity contribution in [3.05, 3.63) is 45.6 Å². The number of hydrogen-bond acceptors (Lipinski definition) is 5. The second kappa shape index (κ2) is 7.17. The molecule has 0 saturated carbocycles. The first-order chi connectivity index (χ1) is 11.6. The number of methoxy groups -OCH3 is 1. The number of esters is 1. The second-order valence-corrected chi connectivity index (χ2v) is 9.25. The van der Waals surface area contributed by atoms with Crippen LogP contribution in [-0.2, 0) is 26.6 Å². The Morgan fingerprint density at radius 3 is 2.48 bits per heavy atom. The summed E-state index contributed by atoms with van der Waals surface area (Å²) in [6.07, 6.45) is 0.591. The molecule has 1 heterocycles. The molecule has 5 nitrogen and oxygen atoms in total. The topological polar surface area (TPSA) is 72.5 Å². The van der Waals surface area contributed by atoms with Gasteiger partial charge in [0.15, 0.2) is 0 Å². The number of hydrogen-bond donors (Lipinski definition) is 1. The van der Waals surface area contributed by atoms with Gasteiger partial charge in [-0.3, -0.25) is 4.72 Å². The second-order valence-electron chi connectivity index (χ2n) is 6.69. The van der Waals surface area contributed by atoms with E-state index in [2.05, 4.69) is 25.5 Å². The number of anilines is 1. The molecule has 0 atom stereocenters. The molecule has 0 aliphatic heterocycles. The van der Waals surface area contributed by atoms with E-state index >= 15 is 0 Å². The SMILES string of the molecule is CCc1cc(C(C)(C)C)ccc1S(=O)(=O)Nc1ccsc1C(=O)OC. The molecule has 1 aromatic carbocycles. The molecule has 0 saturated heterocycles. The highest BCUT2D eigenvalue weighted by Crippen LogP contribution is 2.30. The van der Waals surface area contributed by atoms with Gasteiger partial charge in [-0.05, 0) is 40.5 Å². The predicted molar refractivity (Wildman–Crippen MR) is 101 cm³/mol. The van der Waals surface area contributed by atoms with Gasteiger partial charge in [-0.2, -0.15) is 0 Å². The molecule has 7 heteroatoms. The van der Waals surface area contributed by atoms with Gasteiger partial charge in [0, 0.05) is 0 Å².